The summed E-state index contributed by atoms with van der Waals surface area (Å²) in [5.74, 6) is 0. The van der Waals surface area contributed by atoms with E-state index in [1.54, 1.807) is 22.7 Å². The standard InChI is InChI=1S/C78H41Cl2N7S4/c1-3-16-53-59(4-2)90-75-67(53)69(82-77(79)84-75)43-17-15-18-45(35-43)86-57-26-12-9-23-51(57)63-48-20-6-8-22-50(48)66-55-31-29-41(37-61(55)89-74(66)71(63)86)42-30-32-56-62(38-42)91-76-68(56)70(83-78(80)85-76)44-33-40(39-81)34-46(36-44)87-58-27-13-10-24-52(58)64-47-19-5-7-21-49(47)65-54-25-11-14-28-60(54)88-73(65)72(64)87/h3-38H,2H2,1H3/b16-3-. The van der Waals surface area contributed by atoms with Crippen molar-refractivity contribution in [3.05, 3.63) is 239 Å². The molecule has 0 fully saturated rings. The highest BCUT2D eigenvalue weighted by Gasteiger charge is 2.27. The van der Waals surface area contributed by atoms with Crippen molar-refractivity contribution in [3.63, 3.8) is 0 Å². The summed E-state index contributed by atoms with van der Waals surface area (Å²) < 4.78 is 10.7. The van der Waals surface area contributed by atoms with Gasteiger partial charge >= 0.3 is 0 Å². The second kappa shape index (κ2) is 19.9. The second-order valence-electron chi connectivity index (χ2n) is 22.9. The van der Waals surface area contributed by atoms with E-state index in [0.29, 0.717) is 11.3 Å². The van der Waals surface area contributed by atoms with E-state index in [2.05, 4.69) is 221 Å². The van der Waals surface area contributed by atoms with Crippen LogP contribution in [0.15, 0.2) is 213 Å². The lowest BCUT2D eigenvalue weighted by molar-refractivity contribution is 1.18. The molecule has 0 bridgehead atoms. The molecule has 0 radical (unpaired) electrons. The van der Waals surface area contributed by atoms with Crippen LogP contribution in [-0.2, 0) is 0 Å². The second-order valence-corrected chi connectivity index (χ2v) is 27.8. The van der Waals surface area contributed by atoms with Gasteiger partial charge in [-0.2, -0.15) is 5.26 Å². The van der Waals surface area contributed by atoms with Gasteiger partial charge < -0.3 is 9.13 Å². The van der Waals surface area contributed by atoms with Crippen molar-refractivity contribution in [2.45, 2.75) is 6.92 Å². The Morgan fingerprint density at radius 2 is 0.934 bits per heavy atom. The number of para-hydroxylation sites is 2. The van der Waals surface area contributed by atoms with E-state index in [4.69, 9.17) is 38.2 Å². The van der Waals surface area contributed by atoms with E-state index < -0.39 is 0 Å². The molecule has 0 saturated heterocycles. The molecule has 0 spiro atoms. The van der Waals surface area contributed by atoms with Crippen LogP contribution >= 0.6 is 68.5 Å². The van der Waals surface area contributed by atoms with Crippen LogP contribution in [0.25, 0.3) is 193 Å². The maximum Gasteiger partial charge on any atom is 0.224 e. The zero-order chi connectivity index (χ0) is 60.5. The van der Waals surface area contributed by atoms with Gasteiger partial charge in [0.05, 0.1) is 54.5 Å². The average molecular weight is 1280 g/mol. The number of benzene rings is 11. The van der Waals surface area contributed by atoms with E-state index in [1.165, 1.54) is 78.0 Å². The van der Waals surface area contributed by atoms with Crippen LogP contribution in [0.1, 0.15) is 22.9 Å². The third kappa shape index (κ3) is 7.63. The van der Waals surface area contributed by atoms with E-state index in [1.807, 2.05) is 53.9 Å². The third-order valence-corrected chi connectivity index (χ3v) is 22.9. The van der Waals surface area contributed by atoms with Crippen molar-refractivity contribution in [2.75, 3.05) is 0 Å². The Morgan fingerprint density at radius 1 is 0.429 bits per heavy atom. The maximum absolute atomic E-state index is 10.9. The molecule has 13 heteroatoms. The summed E-state index contributed by atoms with van der Waals surface area (Å²) in [7, 11) is 0. The van der Waals surface area contributed by atoms with Crippen LogP contribution < -0.4 is 0 Å². The Labute approximate surface area is 544 Å². The fraction of sp³-hybridized carbons (Fsp3) is 0.0128. The molecule has 19 rings (SSSR count). The van der Waals surface area contributed by atoms with Gasteiger partial charge in [0.1, 0.15) is 9.66 Å². The number of halogens is 2. The average Bonchev–Trinajstić information content (AvgIpc) is 1.56. The normalized spacial score (nSPS) is 12.3. The van der Waals surface area contributed by atoms with Gasteiger partial charge in [-0.05, 0) is 123 Å². The van der Waals surface area contributed by atoms with Crippen LogP contribution in [0, 0.1) is 11.3 Å². The number of hydrogen-bond acceptors (Lipinski definition) is 9. The molecule has 7 nitrogen and oxygen atoms in total. The monoisotopic (exact) mass is 1270 g/mol. The van der Waals surface area contributed by atoms with Crippen LogP contribution in [0.4, 0.5) is 0 Å². The zero-order valence-electron chi connectivity index (χ0n) is 48.0. The highest BCUT2D eigenvalue weighted by atomic mass is 35.5. The maximum atomic E-state index is 10.9. The zero-order valence-corrected chi connectivity index (χ0v) is 52.8. The first-order valence-corrected chi connectivity index (χ1v) is 33.7. The van der Waals surface area contributed by atoms with Gasteiger partial charge in [0.15, 0.2) is 0 Å². The molecule has 0 aliphatic rings. The largest absolute Gasteiger partial charge is 0.308 e. The van der Waals surface area contributed by atoms with Gasteiger partial charge in [-0.15, -0.1) is 45.3 Å². The minimum Gasteiger partial charge on any atom is -0.308 e. The van der Waals surface area contributed by atoms with Crippen LogP contribution in [0.5, 0.6) is 0 Å². The van der Waals surface area contributed by atoms with E-state index in [0.717, 1.165) is 108 Å². The minimum absolute atomic E-state index is 0.147. The minimum atomic E-state index is 0.147. The van der Waals surface area contributed by atoms with E-state index in [9.17, 15) is 5.26 Å². The first-order valence-electron chi connectivity index (χ1n) is 29.7. The Balaban J connectivity index is 0.774. The fourth-order valence-electron chi connectivity index (χ4n) is 14.5. The number of nitrogens with zero attached hydrogens (tertiary/aromatic N) is 7. The molecule has 0 atom stereocenters. The van der Waals surface area contributed by atoms with Gasteiger partial charge in [-0.1, -0.05) is 164 Å². The van der Waals surface area contributed by atoms with Crippen molar-refractivity contribution >= 4 is 217 Å². The lowest BCUT2D eigenvalue weighted by Crippen LogP contribution is -1.97. The summed E-state index contributed by atoms with van der Waals surface area (Å²) in [4.78, 5) is 22.1. The quantitative estimate of drug-likeness (QED) is 0.148. The Bertz CT molecular complexity index is 6570. The van der Waals surface area contributed by atoms with Gasteiger partial charge in [-0.3, -0.25) is 0 Å². The summed E-state index contributed by atoms with van der Waals surface area (Å²) in [6, 6.07) is 74.6. The Morgan fingerprint density at radius 3 is 1.55 bits per heavy atom. The molecule has 11 aromatic carbocycles. The highest BCUT2D eigenvalue weighted by molar-refractivity contribution is 7.27. The smallest absolute Gasteiger partial charge is 0.224 e. The first kappa shape index (κ1) is 52.8. The third-order valence-electron chi connectivity index (χ3n) is 18.1. The molecule has 0 aliphatic heterocycles. The molecule has 0 aliphatic carbocycles. The summed E-state index contributed by atoms with van der Waals surface area (Å²) in [5.41, 5.74) is 13.3. The summed E-state index contributed by atoms with van der Waals surface area (Å²) in [6.45, 7) is 6.15. The van der Waals surface area contributed by atoms with Gasteiger partial charge in [0, 0.05) is 106 Å². The Kier molecular flexibility index (Phi) is 11.6. The molecule has 0 amide bonds. The van der Waals surface area contributed by atoms with Crippen molar-refractivity contribution in [1.82, 2.24) is 29.1 Å². The lowest BCUT2D eigenvalue weighted by Gasteiger charge is -2.13. The molecule has 0 N–H and O–H groups in total. The van der Waals surface area contributed by atoms with Crippen LogP contribution in [-0.4, -0.2) is 29.1 Å². The van der Waals surface area contributed by atoms with Crippen molar-refractivity contribution in [1.29, 1.82) is 5.26 Å². The lowest BCUT2D eigenvalue weighted by atomic mass is 9.97. The fourth-order valence-corrected chi connectivity index (χ4v) is 19.6. The summed E-state index contributed by atoms with van der Waals surface area (Å²) in [6.07, 6.45) is 6.03. The number of rotatable bonds is 7. The number of fused-ring (bicyclic) bond motifs is 24. The SMILES string of the molecule is C=Cc1sc2nc(Cl)nc(-c3cccc(-n4c5ccccc5c5c6ccccc6c6c7ccc(-c8ccc9c(c8)sc8nc(Cl)nc(-c%10cc(C#N)cc(-n%11c%12ccccc%12c%12c%13ccccc%13c%13c%14ccccc%14sc%13c%12%11)c%10)c89)cc7sc6c54)c3)c2c1/C=C\C. The predicted molar refractivity (Wildman–Crippen MR) is 391 cm³/mol. The van der Waals surface area contributed by atoms with E-state index in [-0.39, 0.29) is 10.6 Å². The van der Waals surface area contributed by atoms with Crippen LogP contribution in [0.2, 0.25) is 10.6 Å². The van der Waals surface area contributed by atoms with Gasteiger partial charge in [0.25, 0.3) is 0 Å². The number of aromatic nitrogens is 6. The highest BCUT2D eigenvalue weighted by Crippen LogP contribution is 2.52. The van der Waals surface area contributed by atoms with Gasteiger partial charge in [-0.25, -0.2) is 19.9 Å². The molecule has 8 heterocycles. The van der Waals surface area contributed by atoms with Gasteiger partial charge in [0.2, 0.25) is 10.6 Å². The topological polar surface area (TPSA) is 85.2 Å². The molecule has 426 valence electrons. The molecule has 0 saturated carbocycles. The van der Waals surface area contributed by atoms with Crippen molar-refractivity contribution < 1.29 is 0 Å². The molecule has 8 aromatic heterocycles. The first-order chi connectivity index (χ1) is 44.8. The number of thiophene rings is 4. The predicted octanol–water partition coefficient (Wildman–Crippen LogP) is 23.9. The number of allylic oxidation sites excluding steroid dienone is 1. The van der Waals surface area contributed by atoms with Crippen LogP contribution in [0.3, 0.4) is 0 Å². The summed E-state index contributed by atoms with van der Waals surface area (Å²) in [5, 5.41) is 28.6. The molecule has 19 aromatic rings. The number of nitriles is 1. The molecular formula is C78H41Cl2N7S4. The molecule has 0 unspecified atom stereocenters. The van der Waals surface area contributed by atoms with Crippen molar-refractivity contribution in [3.8, 4) is 51.1 Å². The molecular weight excluding hydrogens is 1230 g/mol. The van der Waals surface area contributed by atoms with Crippen molar-refractivity contribution in [2.24, 2.45) is 0 Å². The number of hydrogen-bond donors (Lipinski definition) is 0. The molecule has 91 heavy (non-hydrogen) atoms. The van der Waals surface area contributed by atoms with E-state index >= 15 is 0 Å². The Hall–Kier alpha value is -10.1. The summed E-state index contributed by atoms with van der Waals surface area (Å²) >= 11 is 20.5.